The zero-order chi connectivity index (χ0) is 9.92. The molecule has 3 rings (SSSR count). The molecule has 0 N–H and O–H groups in total. The fourth-order valence-corrected chi connectivity index (χ4v) is 5.81. The Balaban J connectivity index is 2.24. The molecular weight excluding hydrogens is 372 g/mol. The largest absolute Gasteiger partial charge is 0.0871 e. The summed E-state index contributed by atoms with van der Waals surface area (Å²) in [6.07, 6.45) is 1.21. The smallest absolute Gasteiger partial charge is 0.0650 e. The number of alkyl halides is 3. The topological polar surface area (TPSA) is 0 Å². The zero-order valence-electron chi connectivity index (χ0n) is 7.38. The van der Waals surface area contributed by atoms with Crippen molar-refractivity contribution < 1.29 is 0 Å². The summed E-state index contributed by atoms with van der Waals surface area (Å²) in [5.41, 5.74) is 2.99. The highest BCUT2D eigenvalue weighted by molar-refractivity contribution is 9.13. The summed E-state index contributed by atoms with van der Waals surface area (Å²) in [6.45, 7) is 0. The van der Waals surface area contributed by atoms with Crippen LogP contribution in [-0.4, -0.2) is 9.65 Å². The molecule has 74 valence electrons. The van der Waals surface area contributed by atoms with Crippen LogP contribution in [0.5, 0.6) is 0 Å². The molecule has 1 aromatic carbocycles. The Bertz CT molecular complexity index is 390. The first kappa shape index (κ1) is 9.86. The lowest BCUT2D eigenvalue weighted by atomic mass is 9.92. The molecule has 0 unspecified atom stereocenters. The van der Waals surface area contributed by atoms with E-state index in [4.69, 9.17) is 0 Å². The van der Waals surface area contributed by atoms with E-state index < -0.39 is 0 Å². The average Bonchev–Trinajstić information content (AvgIpc) is 2.62. The van der Waals surface area contributed by atoms with Gasteiger partial charge >= 0.3 is 0 Å². The van der Waals surface area contributed by atoms with Gasteiger partial charge in [0, 0.05) is 9.65 Å². The van der Waals surface area contributed by atoms with Gasteiger partial charge < -0.3 is 0 Å². The van der Waals surface area contributed by atoms with Gasteiger partial charge in [-0.2, -0.15) is 0 Å². The first-order valence-corrected chi connectivity index (χ1v) is 7.33. The van der Waals surface area contributed by atoms with Gasteiger partial charge in [-0.1, -0.05) is 72.1 Å². The van der Waals surface area contributed by atoms with E-state index in [0.717, 1.165) is 0 Å². The van der Waals surface area contributed by atoms with Crippen molar-refractivity contribution in [3.63, 3.8) is 0 Å². The van der Waals surface area contributed by atoms with Crippen molar-refractivity contribution in [1.29, 1.82) is 0 Å². The van der Waals surface area contributed by atoms with Crippen molar-refractivity contribution in [3.8, 4) is 0 Å². The summed E-state index contributed by atoms with van der Waals surface area (Å²) < 4.78 is 0.155. The first-order chi connectivity index (χ1) is 6.64. The summed E-state index contributed by atoms with van der Waals surface area (Å²) in [6, 6.07) is 8.78. The Labute approximate surface area is 109 Å². The normalized spacial score (nSPS) is 44.1. The van der Waals surface area contributed by atoms with E-state index in [1.165, 1.54) is 17.5 Å². The van der Waals surface area contributed by atoms with Crippen molar-refractivity contribution in [3.05, 3.63) is 35.4 Å². The van der Waals surface area contributed by atoms with Gasteiger partial charge in [0.1, 0.15) is 0 Å². The summed E-state index contributed by atoms with van der Waals surface area (Å²) >= 11 is 11.5. The van der Waals surface area contributed by atoms with Gasteiger partial charge in [-0.15, -0.1) is 0 Å². The van der Waals surface area contributed by atoms with E-state index in [1.54, 1.807) is 0 Å². The van der Waals surface area contributed by atoms with Crippen molar-refractivity contribution in [2.24, 2.45) is 0 Å². The second-order valence-electron chi connectivity index (χ2n) is 4.11. The predicted octanol–water partition coefficient (Wildman–Crippen LogP) is 4.30. The van der Waals surface area contributed by atoms with Crippen LogP contribution in [0.1, 0.15) is 23.5 Å². The molecule has 2 aliphatic carbocycles. The molecule has 2 aliphatic rings. The molecule has 0 radical (unpaired) electrons. The van der Waals surface area contributed by atoms with Crippen LogP contribution in [0.3, 0.4) is 0 Å². The van der Waals surface area contributed by atoms with Crippen molar-refractivity contribution in [2.45, 2.75) is 26.3 Å². The van der Waals surface area contributed by atoms with Gasteiger partial charge in [0.15, 0.2) is 0 Å². The number of fused-ring (bicyclic) bond motifs is 5. The Morgan fingerprint density at radius 1 is 1.21 bits per heavy atom. The predicted molar refractivity (Wildman–Crippen MR) is 69.8 cm³/mol. The number of hydrogen-bond acceptors (Lipinski definition) is 0. The molecule has 0 nitrogen and oxygen atoms in total. The maximum atomic E-state index is 3.91. The Morgan fingerprint density at radius 3 is 2.71 bits per heavy atom. The quantitative estimate of drug-likeness (QED) is 0.588. The highest BCUT2D eigenvalue weighted by Crippen LogP contribution is 2.64. The third-order valence-corrected chi connectivity index (χ3v) is 8.51. The molecule has 1 fully saturated rings. The maximum absolute atomic E-state index is 3.91. The monoisotopic (exact) mass is 378 g/mol. The van der Waals surface area contributed by atoms with Crippen LogP contribution in [0.15, 0.2) is 24.3 Å². The maximum Gasteiger partial charge on any atom is 0.0650 e. The second kappa shape index (κ2) is 3.08. The molecule has 0 amide bonds. The zero-order valence-corrected chi connectivity index (χ0v) is 12.1. The lowest BCUT2D eigenvalue weighted by molar-refractivity contribution is 0.714. The first-order valence-electron chi connectivity index (χ1n) is 4.71. The Hall–Kier alpha value is 0.660. The van der Waals surface area contributed by atoms with E-state index in [1.807, 2.05) is 0 Å². The van der Waals surface area contributed by atoms with Crippen LogP contribution in [0.2, 0.25) is 0 Å². The molecule has 2 bridgehead atoms. The number of halogens is 3. The third kappa shape index (κ3) is 1.04. The molecule has 0 spiro atoms. The van der Waals surface area contributed by atoms with Crippen molar-refractivity contribution in [1.82, 2.24) is 0 Å². The van der Waals surface area contributed by atoms with Crippen LogP contribution >= 0.6 is 47.8 Å². The Kier molecular flexibility index (Phi) is 2.17. The van der Waals surface area contributed by atoms with E-state index in [-0.39, 0.29) is 4.32 Å². The highest BCUT2D eigenvalue weighted by atomic mass is 79.9. The van der Waals surface area contributed by atoms with E-state index in [9.17, 15) is 0 Å². The Morgan fingerprint density at radius 2 is 1.93 bits per heavy atom. The van der Waals surface area contributed by atoms with Crippen molar-refractivity contribution >= 4 is 47.8 Å². The van der Waals surface area contributed by atoms with E-state index in [2.05, 4.69) is 72.1 Å². The molecule has 0 heterocycles. The van der Waals surface area contributed by atoms with E-state index >= 15 is 0 Å². The SMILES string of the molecule is Br[C@H]1[C@H]2C[C@@](Br)(c3ccccc32)[C@H]1Br. The summed E-state index contributed by atoms with van der Waals surface area (Å²) in [4.78, 5) is 1.05. The summed E-state index contributed by atoms with van der Waals surface area (Å²) in [5.74, 6) is 0.662. The van der Waals surface area contributed by atoms with Crippen molar-refractivity contribution in [2.75, 3.05) is 0 Å². The molecule has 0 aliphatic heterocycles. The van der Waals surface area contributed by atoms with Gasteiger partial charge in [0.2, 0.25) is 0 Å². The van der Waals surface area contributed by atoms with Gasteiger partial charge in [-0.3, -0.25) is 0 Å². The van der Waals surface area contributed by atoms with Gasteiger partial charge in [-0.05, 0) is 23.5 Å². The average molecular weight is 381 g/mol. The molecule has 0 aromatic heterocycles. The highest BCUT2D eigenvalue weighted by Gasteiger charge is 2.57. The minimum Gasteiger partial charge on any atom is -0.0871 e. The molecular formula is C11H9Br3. The molecule has 4 atom stereocenters. The van der Waals surface area contributed by atoms with Crippen LogP contribution in [-0.2, 0) is 4.32 Å². The van der Waals surface area contributed by atoms with Gasteiger partial charge in [-0.25, -0.2) is 0 Å². The minimum absolute atomic E-state index is 0.155. The van der Waals surface area contributed by atoms with Crippen LogP contribution in [0, 0.1) is 0 Å². The molecule has 3 heteroatoms. The van der Waals surface area contributed by atoms with Crippen LogP contribution < -0.4 is 0 Å². The van der Waals surface area contributed by atoms with Gasteiger partial charge in [0.05, 0.1) is 4.32 Å². The van der Waals surface area contributed by atoms with Gasteiger partial charge in [0.25, 0.3) is 0 Å². The van der Waals surface area contributed by atoms with Crippen LogP contribution in [0.25, 0.3) is 0 Å². The number of benzene rings is 1. The molecule has 0 saturated heterocycles. The number of hydrogen-bond donors (Lipinski definition) is 0. The fourth-order valence-electron chi connectivity index (χ4n) is 2.74. The fraction of sp³-hybridized carbons (Fsp3) is 0.455. The molecule has 1 aromatic rings. The summed E-state index contributed by atoms with van der Waals surface area (Å²) in [7, 11) is 0. The third-order valence-electron chi connectivity index (χ3n) is 3.43. The minimum atomic E-state index is 0.155. The standard InChI is InChI=1S/C11H9Br3/c12-9-7-5-11(14,10(9)13)8-4-2-1-3-6(7)8/h1-4,7,9-10H,5H2/t7-,9-,10-,11+/m0/s1. The second-order valence-corrected chi connectivity index (χ2v) is 7.57. The molecule has 14 heavy (non-hydrogen) atoms. The lowest BCUT2D eigenvalue weighted by Gasteiger charge is -2.30. The number of rotatable bonds is 0. The molecule has 1 saturated carbocycles. The van der Waals surface area contributed by atoms with E-state index in [0.29, 0.717) is 15.6 Å². The van der Waals surface area contributed by atoms with Crippen LogP contribution in [0.4, 0.5) is 0 Å². The summed E-state index contributed by atoms with van der Waals surface area (Å²) in [5, 5.41) is 0. The lowest BCUT2D eigenvalue weighted by Crippen LogP contribution is -2.30.